The van der Waals surface area contributed by atoms with Crippen LogP contribution in [0, 0.1) is 0 Å². The van der Waals surface area contributed by atoms with Crippen LogP contribution >= 0.6 is 50.7 Å². The lowest BCUT2D eigenvalue weighted by molar-refractivity contribution is 0.916. The molecule has 2 rings (SSSR count). The molecule has 0 N–H and O–H groups in total. The summed E-state index contributed by atoms with van der Waals surface area (Å²) in [4.78, 5) is 3.95. The molecule has 94 valence electrons. The fourth-order valence-corrected chi connectivity index (χ4v) is 2.85. The highest BCUT2D eigenvalue weighted by molar-refractivity contribution is 9.10. The second-order valence-electron chi connectivity index (χ2n) is 3.80. The molecule has 1 atom stereocenters. The summed E-state index contributed by atoms with van der Waals surface area (Å²) < 4.78 is 0.952. The third-order valence-corrected chi connectivity index (χ3v) is 4.12. The van der Waals surface area contributed by atoms with Gasteiger partial charge in [0.15, 0.2) is 0 Å². The Balaban J connectivity index is 2.25. The van der Waals surface area contributed by atoms with Gasteiger partial charge in [0.05, 0.1) is 10.4 Å². The molecule has 18 heavy (non-hydrogen) atoms. The predicted octanol–water partition coefficient (Wildman–Crippen LogP) is 5.67. The minimum atomic E-state index is -0.227. The summed E-state index contributed by atoms with van der Waals surface area (Å²) in [6.07, 6.45) is 3.93. The monoisotopic (exact) mass is 363 g/mol. The van der Waals surface area contributed by atoms with Gasteiger partial charge in [0.2, 0.25) is 0 Å². The van der Waals surface area contributed by atoms with E-state index >= 15 is 0 Å². The Kier molecular flexibility index (Phi) is 4.91. The first kappa shape index (κ1) is 14.1. The molecule has 2 aromatic rings. The first-order valence-electron chi connectivity index (χ1n) is 5.25. The highest BCUT2D eigenvalue weighted by atomic mass is 79.9. The number of aromatic nitrogens is 1. The summed E-state index contributed by atoms with van der Waals surface area (Å²) in [7, 11) is 0. The number of rotatable bonds is 3. The van der Waals surface area contributed by atoms with Crippen molar-refractivity contribution in [1.29, 1.82) is 0 Å². The van der Waals surface area contributed by atoms with Gasteiger partial charge in [-0.05, 0) is 41.8 Å². The number of pyridine rings is 1. The van der Waals surface area contributed by atoms with Crippen molar-refractivity contribution >= 4 is 50.7 Å². The summed E-state index contributed by atoms with van der Waals surface area (Å²) in [5, 5.41) is 1.05. The SMILES string of the molecule is Clc1cnccc1CC(Cl)c1cc(Br)ccc1Cl. The highest BCUT2D eigenvalue weighted by Gasteiger charge is 2.14. The van der Waals surface area contributed by atoms with Crippen LogP contribution < -0.4 is 0 Å². The van der Waals surface area contributed by atoms with E-state index < -0.39 is 0 Å². The predicted molar refractivity (Wildman–Crippen MR) is 80.7 cm³/mol. The Morgan fingerprint density at radius 1 is 1.17 bits per heavy atom. The quantitative estimate of drug-likeness (QED) is 0.638. The zero-order chi connectivity index (χ0) is 13.1. The molecule has 0 amide bonds. The third-order valence-electron chi connectivity index (χ3n) is 2.55. The van der Waals surface area contributed by atoms with Crippen molar-refractivity contribution in [3.05, 3.63) is 62.3 Å². The minimum Gasteiger partial charge on any atom is -0.263 e. The van der Waals surface area contributed by atoms with E-state index in [-0.39, 0.29) is 5.38 Å². The van der Waals surface area contributed by atoms with E-state index in [2.05, 4.69) is 20.9 Å². The van der Waals surface area contributed by atoms with Crippen molar-refractivity contribution in [2.75, 3.05) is 0 Å². The molecule has 0 aliphatic heterocycles. The summed E-state index contributed by atoms with van der Waals surface area (Å²) >= 11 is 22.0. The van der Waals surface area contributed by atoms with E-state index in [9.17, 15) is 0 Å². The summed E-state index contributed by atoms with van der Waals surface area (Å²) in [6.45, 7) is 0. The second-order valence-corrected chi connectivity index (χ2v) is 6.06. The molecule has 0 saturated heterocycles. The van der Waals surface area contributed by atoms with Crippen LogP contribution in [-0.2, 0) is 6.42 Å². The van der Waals surface area contributed by atoms with E-state index in [1.165, 1.54) is 0 Å². The van der Waals surface area contributed by atoms with Crippen LogP contribution in [0.3, 0.4) is 0 Å². The fraction of sp³-hybridized carbons (Fsp3) is 0.154. The lowest BCUT2D eigenvalue weighted by Gasteiger charge is -2.13. The summed E-state index contributed by atoms with van der Waals surface area (Å²) in [5.41, 5.74) is 1.85. The maximum atomic E-state index is 6.41. The van der Waals surface area contributed by atoms with E-state index in [1.807, 2.05) is 24.3 Å². The van der Waals surface area contributed by atoms with Crippen LogP contribution in [0.4, 0.5) is 0 Å². The zero-order valence-electron chi connectivity index (χ0n) is 9.21. The molecule has 0 fully saturated rings. The van der Waals surface area contributed by atoms with Gasteiger partial charge in [-0.1, -0.05) is 39.1 Å². The summed E-state index contributed by atoms with van der Waals surface area (Å²) in [5.74, 6) is 0. The van der Waals surface area contributed by atoms with Gasteiger partial charge in [0, 0.05) is 21.9 Å². The van der Waals surface area contributed by atoms with E-state index in [0.29, 0.717) is 16.5 Å². The Hall–Kier alpha value is -0.280. The first-order valence-corrected chi connectivity index (χ1v) is 7.24. The van der Waals surface area contributed by atoms with Crippen molar-refractivity contribution in [1.82, 2.24) is 4.98 Å². The van der Waals surface area contributed by atoms with Crippen LogP contribution in [0.15, 0.2) is 41.1 Å². The highest BCUT2D eigenvalue weighted by Crippen LogP contribution is 2.33. The number of alkyl halides is 1. The number of halogens is 4. The number of hydrogen-bond acceptors (Lipinski definition) is 1. The van der Waals surface area contributed by atoms with Gasteiger partial charge >= 0.3 is 0 Å². The smallest absolute Gasteiger partial charge is 0.0641 e. The van der Waals surface area contributed by atoms with Crippen molar-refractivity contribution < 1.29 is 0 Å². The topological polar surface area (TPSA) is 12.9 Å². The molecular weight excluding hydrogens is 356 g/mol. The lowest BCUT2D eigenvalue weighted by Crippen LogP contribution is -1.98. The second kappa shape index (κ2) is 6.25. The van der Waals surface area contributed by atoms with Crippen molar-refractivity contribution in [2.24, 2.45) is 0 Å². The van der Waals surface area contributed by atoms with Crippen LogP contribution in [0.5, 0.6) is 0 Å². The average Bonchev–Trinajstić information content (AvgIpc) is 2.35. The number of nitrogens with zero attached hydrogens (tertiary/aromatic N) is 1. The Morgan fingerprint density at radius 2 is 1.94 bits per heavy atom. The van der Waals surface area contributed by atoms with Gasteiger partial charge in [-0.3, -0.25) is 4.98 Å². The first-order chi connectivity index (χ1) is 8.58. The molecule has 1 aromatic heterocycles. The lowest BCUT2D eigenvalue weighted by atomic mass is 10.0. The molecule has 5 heteroatoms. The zero-order valence-corrected chi connectivity index (χ0v) is 13.1. The normalized spacial score (nSPS) is 12.4. The van der Waals surface area contributed by atoms with Gasteiger partial charge < -0.3 is 0 Å². The van der Waals surface area contributed by atoms with Crippen molar-refractivity contribution in [3.63, 3.8) is 0 Å². The Morgan fingerprint density at radius 3 is 2.67 bits per heavy atom. The molecule has 1 heterocycles. The van der Waals surface area contributed by atoms with E-state index in [1.54, 1.807) is 12.4 Å². The molecule has 1 unspecified atom stereocenters. The molecule has 0 saturated carbocycles. The fourth-order valence-electron chi connectivity index (χ4n) is 1.63. The molecule has 1 nitrogen and oxygen atoms in total. The molecule has 0 spiro atoms. The molecule has 0 aliphatic rings. The van der Waals surface area contributed by atoms with Gasteiger partial charge in [-0.2, -0.15) is 0 Å². The van der Waals surface area contributed by atoms with Crippen molar-refractivity contribution in [3.8, 4) is 0 Å². The number of benzene rings is 1. The molecular formula is C13H9BrCl3N. The van der Waals surface area contributed by atoms with Crippen LogP contribution in [-0.4, -0.2) is 4.98 Å². The third kappa shape index (κ3) is 3.39. The van der Waals surface area contributed by atoms with Crippen LogP contribution in [0.25, 0.3) is 0 Å². The van der Waals surface area contributed by atoms with Crippen LogP contribution in [0.1, 0.15) is 16.5 Å². The van der Waals surface area contributed by atoms with Gasteiger partial charge in [-0.25, -0.2) is 0 Å². The molecule has 0 aliphatic carbocycles. The van der Waals surface area contributed by atoms with Gasteiger partial charge in [0.25, 0.3) is 0 Å². The Bertz CT molecular complexity index is 560. The molecule has 0 radical (unpaired) electrons. The molecule has 0 bridgehead atoms. The maximum absolute atomic E-state index is 6.41. The van der Waals surface area contributed by atoms with E-state index in [0.717, 1.165) is 15.6 Å². The molecule has 1 aromatic carbocycles. The maximum Gasteiger partial charge on any atom is 0.0641 e. The number of hydrogen-bond donors (Lipinski definition) is 0. The van der Waals surface area contributed by atoms with Gasteiger partial charge in [0.1, 0.15) is 0 Å². The summed E-state index contributed by atoms with van der Waals surface area (Å²) in [6, 6.07) is 7.50. The standard InChI is InChI=1S/C13H9BrCl3N/c14-9-1-2-11(15)10(6-9)12(16)5-8-3-4-18-7-13(8)17/h1-4,6-7,12H,5H2. The largest absolute Gasteiger partial charge is 0.263 e. The minimum absolute atomic E-state index is 0.227. The average molecular weight is 365 g/mol. The van der Waals surface area contributed by atoms with Crippen LogP contribution in [0.2, 0.25) is 10.0 Å². The van der Waals surface area contributed by atoms with Gasteiger partial charge in [-0.15, -0.1) is 11.6 Å². The van der Waals surface area contributed by atoms with Crippen molar-refractivity contribution in [2.45, 2.75) is 11.8 Å². The Labute approximate surface area is 129 Å². The van der Waals surface area contributed by atoms with E-state index in [4.69, 9.17) is 34.8 Å².